The van der Waals surface area contributed by atoms with Crippen LogP contribution in [0.1, 0.15) is 26.7 Å². The van der Waals surface area contributed by atoms with Crippen LogP contribution in [0.25, 0.3) is 0 Å². The number of nitrogens with zero attached hydrogens (tertiary/aromatic N) is 3. The van der Waals surface area contributed by atoms with E-state index in [0.29, 0.717) is 24.5 Å². The fraction of sp³-hybridized carbons (Fsp3) is 0.692. The molecule has 0 saturated carbocycles. The molecule has 1 saturated heterocycles. The molecule has 0 amide bonds. The number of hydrogen-bond donors (Lipinski definition) is 1. The highest BCUT2D eigenvalue weighted by Crippen LogP contribution is 2.16. The first kappa shape index (κ1) is 14.7. The van der Waals surface area contributed by atoms with Crippen LogP contribution in [0.4, 0.5) is 5.95 Å². The molecule has 2 rings (SSSR count). The van der Waals surface area contributed by atoms with Crippen LogP contribution in [0.3, 0.4) is 0 Å². The summed E-state index contributed by atoms with van der Waals surface area (Å²) in [5.74, 6) is 1.23. The van der Waals surface area contributed by atoms with E-state index < -0.39 is 0 Å². The van der Waals surface area contributed by atoms with Gasteiger partial charge in [-0.05, 0) is 26.4 Å². The standard InChI is InChI=1S/C11H18N4O.C2H6/c1-12-11-13-6-5-10(14-11)16-8-9-4-3-7-15(9)2;1-2/h5-6,9H,3-4,7-8H2,1-2H3,(H,12,13,14);1-2H3. The average molecular weight is 252 g/mol. The number of aromatic nitrogens is 2. The van der Waals surface area contributed by atoms with Crippen molar-refractivity contribution in [2.75, 3.05) is 32.6 Å². The summed E-state index contributed by atoms with van der Waals surface area (Å²) < 4.78 is 5.67. The second-order valence-corrected chi connectivity index (χ2v) is 4.06. The molecule has 1 fully saturated rings. The van der Waals surface area contributed by atoms with Crippen LogP contribution in [0.15, 0.2) is 12.3 Å². The van der Waals surface area contributed by atoms with Crippen molar-refractivity contribution in [2.24, 2.45) is 0 Å². The smallest absolute Gasteiger partial charge is 0.225 e. The van der Waals surface area contributed by atoms with E-state index in [-0.39, 0.29) is 0 Å². The molecular weight excluding hydrogens is 228 g/mol. The largest absolute Gasteiger partial charge is 0.476 e. The molecule has 5 nitrogen and oxygen atoms in total. The van der Waals surface area contributed by atoms with E-state index in [4.69, 9.17) is 4.74 Å². The van der Waals surface area contributed by atoms with Crippen LogP contribution in [-0.4, -0.2) is 48.2 Å². The molecule has 102 valence electrons. The van der Waals surface area contributed by atoms with Crippen LogP contribution in [0.5, 0.6) is 5.88 Å². The molecule has 0 aliphatic carbocycles. The fourth-order valence-electron chi connectivity index (χ4n) is 1.91. The lowest BCUT2D eigenvalue weighted by molar-refractivity contribution is 0.193. The first-order chi connectivity index (χ1) is 8.79. The Bertz CT molecular complexity index is 346. The summed E-state index contributed by atoms with van der Waals surface area (Å²) in [6, 6.07) is 2.31. The van der Waals surface area contributed by atoms with Gasteiger partial charge in [-0.3, -0.25) is 0 Å². The van der Waals surface area contributed by atoms with Gasteiger partial charge in [0, 0.05) is 25.4 Å². The number of rotatable bonds is 4. The van der Waals surface area contributed by atoms with E-state index in [1.807, 2.05) is 13.8 Å². The van der Waals surface area contributed by atoms with Gasteiger partial charge in [0.05, 0.1) is 0 Å². The van der Waals surface area contributed by atoms with Gasteiger partial charge in [-0.25, -0.2) is 4.98 Å². The number of anilines is 1. The summed E-state index contributed by atoms with van der Waals surface area (Å²) in [6.45, 7) is 5.87. The molecule has 1 atom stereocenters. The monoisotopic (exact) mass is 252 g/mol. The van der Waals surface area contributed by atoms with E-state index in [9.17, 15) is 0 Å². The third kappa shape index (κ3) is 4.14. The van der Waals surface area contributed by atoms with Crippen molar-refractivity contribution in [2.45, 2.75) is 32.7 Å². The molecular formula is C13H24N4O. The van der Waals surface area contributed by atoms with Gasteiger partial charge in [-0.15, -0.1) is 0 Å². The Morgan fingerprint density at radius 3 is 2.89 bits per heavy atom. The van der Waals surface area contributed by atoms with E-state index in [1.165, 1.54) is 19.4 Å². The Hall–Kier alpha value is -1.36. The average Bonchev–Trinajstić information content (AvgIpc) is 2.84. The summed E-state index contributed by atoms with van der Waals surface area (Å²) in [6.07, 6.45) is 4.17. The van der Waals surface area contributed by atoms with Crippen LogP contribution in [-0.2, 0) is 0 Å². The van der Waals surface area contributed by atoms with Crippen molar-refractivity contribution < 1.29 is 4.74 Å². The number of nitrogens with one attached hydrogen (secondary N) is 1. The Kier molecular flexibility index (Phi) is 6.43. The van der Waals surface area contributed by atoms with Gasteiger partial charge < -0.3 is 15.0 Å². The molecule has 0 spiro atoms. The Morgan fingerprint density at radius 1 is 1.50 bits per heavy atom. The Balaban J connectivity index is 0.000000771. The van der Waals surface area contributed by atoms with E-state index in [0.717, 1.165) is 0 Å². The van der Waals surface area contributed by atoms with E-state index >= 15 is 0 Å². The van der Waals surface area contributed by atoms with Gasteiger partial charge in [0.1, 0.15) is 6.61 Å². The molecule has 2 heterocycles. The van der Waals surface area contributed by atoms with E-state index in [1.54, 1.807) is 19.3 Å². The summed E-state index contributed by atoms with van der Waals surface area (Å²) in [7, 11) is 3.93. The van der Waals surface area contributed by atoms with Gasteiger partial charge in [0.2, 0.25) is 11.8 Å². The van der Waals surface area contributed by atoms with Crippen LogP contribution < -0.4 is 10.1 Å². The number of likely N-dealkylation sites (tertiary alicyclic amines) is 1. The maximum absolute atomic E-state index is 5.67. The minimum atomic E-state index is 0.521. The molecule has 18 heavy (non-hydrogen) atoms. The molecule has 0 radical (unpaired) electrons. The zero-order chi connectivity index (χ0) is 13.4. The summed E-state index contributed by atoms with van der Waals surface area (Å²) in [5.41, 5.74) is 0. The van der Waals surface area contributed by atoms with Gasteiger partial charge >= 0.3 is 0 Å². The maximum Gasteiger partial charge on any atom is 0.225 e. The molecule has 1 unspecified atom stereocenters. The highest BCUT2D eigenvalue weighted by atomic mass is 16.5. The van der Waals surface area contributed by atoms with Crippen molar-refractivity contribution in [1.29, 1.82) is 0 Å². The molecule has 1 aromatic heterocycles. The second-order valence-electron chi connectivity index (χ2n) is 4.06. The fourth-order valence-corrected chi connectivity index (χ4v) is 1.91. The molecule has 0 bridgehead atoms. The van der Waals surface area contributed by atoms with Gasteiger partial charge in [-0.2, -0.15) is 4.98 Å². The molecule has 0 aromatic carbocycles. The zero-order valence-electron chi connectivity index (χ0n) is 11.8. The van der Waals surface area contributed by atoms with Crippen LogP contribution >= 0.6 is 0 Å². The van der Waals surface area contributed by atoms with Crippen molar-refractivity contribution in [3.8, 4) is 5.88 Å². The lowest BCUT2D eigenvalue weighted by Gasteiger charge is -2.19. The summed E-state index contributed by atoms with van der Waals surface area (Å²) in [5, 5.41) is 2.89. The molecule has 1 aromatic rings. The quantitative estimate of drug-likeness (QED) is 0.888. The Labute approximate surface area is 110 Å². The van der Waals surface area contributed by atoms with Gasteiger partial charge in [-0.1, -0.05) is 13.8 Å². The summed E-state index contributed by atoms with van der Waals surface area (Å²) >= 11 is 0. The molecule has 1 aliphatic heterocycles. The third-order valence-electron chi connectivity index (χ3n) is 2.95. The summed E-state index contributed by atoms with van der Waals surface area (Å²) in [4.78, 5) is 10.6. The van der Waals surface area contributed by atoms with Gasteiger partial charge in [0.15, 0.2) is 0 Å². The van der Waals surface area contributed by atoms with E-state index in [2.05, 4.69) is 27.2 Å². The minimum Gasteiger partial charge on any atom is -0.476 e. The lowest BCUT2D eigenvalue weighted by atomic mass is 10.2. The number of ether oxygens (including phenoxy) is 1. The van der Waals surface area contributed by atoms with Gasteiger partial charge in [0.25, 0.3) is 0 Å². The normalized spacial score (nSPS) is 19.0. The highest BCUT2D eigenvalue weighted by Gasteiger charge is 2.21. The third-order valence-corrected chi connectivity index (χ3v) is 2.95. The topological polar surface area (TPSA) is 50.3 Å². The highest BCUT2D eigenvalue weighted by molar-refractivity contribution is 5.26. The minimum absolute atomic E-state index is 0.521. The Morgan fingerprint density at radius 2 is 2.28 bits per heavy atom. The predicted octanol–water partition coefficient (Wildman–Crippen LogP) is 2.02. The number of likely N-dealkylation sites (N-methyl/N-ethyl adjacent to an activating group) is 1. The van der Waals surface area contributed by atoms with Crippen molar-refractivity contribution in [3.63, 3.8) is 0 Å². The van der Waals surface area contributed by atoms with Crippen molar-refractivity contribution >= 4 is 5.95 Å². The second kappa shape index (κ2) is 7.87. The zero-order valence-corrected chi connectivity index (χ0v) is 11.8. The first-order valence-electron chi connectivity index (χ1n) is 6.63. The number of hydrogen-bond acceptors (Lipinski definition) is 5. The maximum atomic E-state index is 5.67. The van der Waals surface area contributed by atoms with Crippen LogP contribution in [0.2, 0.25) is 0 Å². The molecule has 5 heteroatoms. The molecule has 1 aliphatic rings. The predicted molar refractivity (Wildman–Crippen MR) is 74.1 cm³/mol. The molecule has 1 N–H and O–H groups in total. The van der Waals surface area contributed by atoms with Crippen molar-refractivity contribution in [3.05, 3.63) is 12.3 Å². The van der Waals surface area contributed by atoms with Crippen molar-refractivity contribution in [1.82, 2.24) is 14.9 Å². The lowest BCUT2D eigenvalue weighted by Crippen LogP contribution is -2.30. The SMILES string of the molecule is CC.CNc1nccc(OCC2CCCN2C)n1. The van der Waals surface area contributed by atoms with Crippen LogP contribution in [0, 0.1) is 0 Å². The first-order valence-corrected chi connectivity index (χ1v) is 6.63.